The Hall–Kier alpha value is -2.67. The Bertz CT molecular complexity index is 839. The van der Waals surface area contributed by atoms with E-state index in [0.29, 0.717) is 11.8 Å². The lowest BCUT2D eigenvalue weighted by molar-refractivity contribution is 0.295. The highest BCUT2D eigenvalue weighted by Crippen LogP contribution is 2.19. The number of hydrogen-bond donors (Lipinski definition) is 2. The fraction of sp³-hybridized carbons (Fsp3) is 0.118. The molecule has 0 unspecified atom stereocenters. The molecule has 3 N–H and O–H groups in total. The molecule has 3 rings (SSSR count). The monoisotopic (exact) mass is 385 g/mol. The number of nitrogens with two attached hydrogens (primary N) is 1. The fourth-order valence-corrected chi connectivity index (χ4v) is 2.41. The highest BCUT2D eigenvalue weighted by Gasteiger charge is 2.06. The van der Waals surface area contributed by atoms with Crippen LogP contribution in [0.25, 0.3) is 0 Å². The molecule has 0 spiro atoms. The van der Waals surface area contributed by atoms with Crippen molar-refractivity contribution in [3.8, 4) is 5.75 Å². The van der Waals surface area contributed by atoms with Crippen LogP contribution in [0.5, 0.6) is 5.75 Å². The molecule has 0 aliphatic heterocycles. The number of ether oxygens (including phenoxy) is 1. The van der Waals surface area contributed by atoms with Crippen LogP contribution in [0.4, 0.5) is 17.6 Å². The third-order valence-electron chi connectivity index (χ3n) is 3.17. The molecule has 0 saturated heterocycles. The summed E-state index contributed by atoms with van der Waals surface area (Å²) in [5.41, 5.74) is 7.82. The fourth-order valence-electron chi connectivity index (χ4n) is 2.03. The lowest BCUT2D eigenvalue weighted by Crippen LogP contribution is -2.09. The number of hydrogen-bond acceptors (Lipinski definition) is 6. The van der Waals surface area contributed by atoms with Crippen LogP contribution >= 0.6 is 15.9 Å². The molecule has 0 bridgehead atoms. The van der Waals surface area contributed by atoms with Gasteiger partial charge < -0.3 is 15.8 Å². The maximum Gasteiger partial charge on any atom is 0.232 e. The molecule has 0 aliphatic carbocycles. The van der Waals surface area contributed by atoms with E-state index in [4.69, 9.17) is 10.5 Å². The first-order valence-corrected chi connectivity index (χ1v) is 8.10. The summed E-state index contributed by atoms with van der Waals surface area (Å²) in [6.07, 6.45) is 0. The number of aromatic nitrogens is 3. The van der Waals surface area contributed by atoms with E-state index >= 15 is 0 Å². The number of rotatable bonds is 5. The topological polar surface area (TPSA) is 86.0 Å². The zero-order valence-corrected chi connectivity index (χ0v) is 14.6. The van der Waals surface area contributed by atoms with Gasteiger partial charge in [0.15, 0.2) is 5.82 Å². The minimum Gasteiger partial charge on any atom is -0.486 e. The smallest absolute Gasteiger partial charge is 0.232 e. The third-order valence-corrected chi connectivity index (χ3v) is 3.66. The average Bonchev–Trinajstić information content (AvgIpc) is 2.55. The molecule has 24 heavy (non-hydrogen) atoms. The number of anilines is 3. The Morgan fingerprint density at radius 1 is 1.08 bits per heavy atom. The van der Waals surface area contributed by atoms with E-state index in [1.807, 2.05) is 55.5 Å². The standard InChI is InChI=1S/C17H16BrN5O/c1-11-5-7-13(8-6-11)20-17-22-15(21-16(19)23-17)10-24-14-4-2-3-12(18)9-14/h2-9H,10H2,1H3,(H3,19,20,21,22,23). The van der Waals surface area contributed by atoms with Crippen LogP contribution in [0, 0.1) is 6.92 Å². The summed E-state index contributed by atoms with van der Waals surface area (Å²) in [7, 11) is 0. The van der Waals surface area contributed by atoms with Crippen molar-refractivity contribution in [2.24, 2.45) is 0 Å². The first-order chi connectivity index (χ1) is 11.6. The van der Waals surface area contributed by atoms with Crippen molar-refractivity contribution in [3.63, 3.8) is 0 Å². The minimum atomic E-state index is 0.146. The third kappa shape index (κ3) is 4.42. The Kier molecular flexibility index (Phi) is 4.90. The van der Waals surface area contributed by atoms with Crippen LogP contribution in [-0.2, 0) is 6.61 Å². The summed E-state index contributed by atoms with van der Waals surface area (Å²) in [5, 5.41) is 3.11. The van der Waals surface area contributed by atoms with Crippen molar-refractivity contribution in [1.29, 1.82) is 0 Å². The molecule has 0 amide bonds. The van der Waals surface area contributed by atoms with Crippen molar-refractivity contribution in [2.75, 3.05) is 11.1 Å². The molecular formula is C17H16BrN5O. The molecule has 1 aromatic heterocycles. The first-order valence-electron chi connectivity index (χ1n) is 7.31. The average molecular weight is 386 g/mol. The Balaban J connectivity index is 1.72. The van der Waals surface area contributed by atoms with Gasteiger partial charge >= 0.3 is 0 Å². The van der Waals surface area contributed by atoms with E-state index in [1.165, 1.54) is 5.56 Å². The second-order valence-corrected chi connectivity index (χ2v) is 6.09. The number of nitrogen functional groups attached to an aromatic ring is 1. The molecule has 0 fully saturated rings. The normalized spacial score (nSPS) is 10.4. The maximum absolute atomic E-state index is 5.76. The van der Waals surface area contributed by atoms with Gasteiger partial charge in [-0.3, -0.25) is 0 Å². The molecule has 0 aliphatic rings. The van der Waals surface area contributed by atoms with Gasteiger partial charge in [-0.1, -0.05) is 39.7 Å². The molecular weight excluding hydrogens is 370 g/mol. The number of halogens is 1. The largest absolute Gasteiger partial charge is 0.486 e. The minimum absolute atomic E-state index is 0.146. The second-order valence-electron chi connectivity index (χ2n) is 5.17. The van der Waals surface area contributed by atoms with Crippen LogP contribution < -0.4 is 15.8 Å². The number of aryl methyl sites for hydroxylation is 1. The van der Waals surface area contributed by atoms with Gasteiger partial charge in [0.05, 0.1) is 0 Å². The molecule has 7 heteroatoms. The second kappa shape index (κ2) is 7.27. The first kappa shape index (κ1) is 16.2. The molecule has 0 radical (unpaired) electrons. The van der Waals surface area contributed by atoms with Crippen molar-refractivity contribution in [2.45, 2.75) is 13.5 Å². The van der Waals surface area contributed by atoms with Crippen LogP contribution in [0.2, 0.25) is 0 Å². The van der Waals surface area contributed by atoms with Gasteiger partial charge in [0.2, 0.25) is 11.9 Å². The van der Waals surface area contributed by atoms with Gasteiger partial charge in [0, 0.05) is 10.2 Å². The molecule has 0 saturated carbocycles. The lowest BCUT2D eigenvalue weighted by atomic mass is 10.2. The van der Waals surface area contributed by atoms with E-state index < -0.39 is 0 Å². The van der Waals surface area contributed by atoms with Crippen LogP contribution in [-0.4, -0.2) is 15.0 Å². The van der Waals surface area contributed by atoms with E-state index in [-0.39, 0.29) is 12.6 Å². The van der Waals surface area contributed by atoms with Gasteiger partial charge in [-0.2, -0.15) is 15.0 Å². The Labute approximate surface area is 148 Å². The van der Waals surface area contributed by atoms with Gasteiger partial charge in [-0.15, -0.1) is 0 Å². The molecule has 1 heterocycles. The van der Waals surface area contributed by atoms with E-state index in [0.717, 1.165) is 15.9 Å². The summed E-state index contributed by atoms with van der Waals surface area (Å²) >= 11 is 3.40. The van der Waals surface area contributed by atoms with Crippen LogP contribution in [0.3, 0.4) is 0 Å². The summed E-state index contributed by atoms with van der Waals surface area (Å²) in [5.74, 6) is 1.71. The highest BCUT2D eigenvalue weighted by molar-refractivity contribution is 9.10. The summed E-state index contributed by atoms with van der Waals surface area (Å²) in [6, 6.07) is 15.5. The van der Waals surface area contributed by atoms with Crippen molar-refractivity contribution in [3.05, 3.63) is 64.4 Å². The predicted molar refractivity (Wildman–Crippen MR) is 97.2 cm³/mol. The number of nitrogens with zero attached hydrogens (tertiary/aromatic N) is 3. The maximum atomic E-state index is 5.76. The summed E-state index contributed by atoms with van der Waals surface area (Å²) in [6.45, 7) is 2.23. The zero-order valence-electron chi connectivity index (χ0n) is 13.0. The number of nitrogens with one attached hydrogen (secondary N) is 1. The SMILES string of the molecule is Cc1ccc(Nc2nc(N)nc(COc3cccc(Br)c3)n2)cc1. The van der Waals surface area contributed by atoms with E-state index in [2.05, 4.69) is 36.2 Å². The van der Waals surface area contributed by atoms with Crippen molar-refractivity contribution < 1.29 is 4.74 Å². The molecule has 2 aromatic carbocycles. The van der Waals surface area contributed by atoms with Gasteiger partial charge in [0.25, 0.3) is 0 Å². The molecule has 0 atom stereocenters. The highest BCUT2D eigenvalue weighted by atomic mass is 79.9. The van der Waals surface area contributed by atoms with Crippen molar-refractivity contribution >= 4 is 33.5 Å². The van der Waals surface area contributed by atoms with E-state index in [1.54, 1.807) is 0 Å². The zero-order chi connectivity index (χ0) is 16.9. The van der Waals surface area contributed by atoms with E-state index in [9.17, 15) is 0 Å². The van der Waals surface area contributed by atoms with Crippen molar-refractivity contribution in [1.82, 2.24) is 15.0 Å². The van der Waals surface area contributed by atoms with Gasteiger partial charge in [-0.25, -0.2) is 0 Å². The molecule has 3 aromatic rings. The Morgan fingerprint density at radius 3 is 2.62 bits per heavy atom. The van der Waals surface area contributed by atoms with Crippen LogP contribution in [0.15, 0.2) is 53.0 Å². The summed E-state index contributed by atoms with van der Waals surface area (Å²) < 4.78 is 6.62. The van der Waals surface area contributed by atoms with Crippen LogP contribution in [0.1, 0.15) is 11.4 Å². The van der Waals surface area contributed by atoms with Gasteiger partial charge in [0.1, 0.15) is 12.4 Å². The molecule has 122 valence electrons. The quantitative estimate of drug-likeness (QED) is 0.693. The summed E-state index contributed by atoms with van der Waals surface area (Å²) in [4.78, 5) is 12.5. The predicted octanol–water partition coefficient (Wildman–Crippen LogP) is 3.85. The number of benzene rings is 2. The van der Waals surface area contributed by atoms with Gasteiger partial charge in [-0.05, 0) is 37.3 Å². The Morgan fingerprint density at radius 2 is 1.88 bits per heavy atom. The lowest BCUT2D eigenvalue weighted by Gasteiger charge is -2.09. The molecule has 6 nitrogen and oxygen atoms in total.